The van der Waals surface area contributed by atoms with Crippen molar-refractivity contribution in [1.82, 2.24) is 4.98 Å². The highest BCUT2D eigenvalue weighted by Crippen LogP contribution is 2.15. The number of aromatic nitrogens is 1. The quantitative estimate of drug-likeness (QED) is 0.620. The van der Waals surface area contributed by atoms with E-state index in [4.69, 9.17) is 4.74 Å². The maximum Gasteiger partial charge on any atom is 0.330 e. The lowest BCUT2D eigenvalue weighted by atomic mass is 10.5. The van der Waals surface area contributed by atoms with E-state index in [-0.39, 0.29) is 5.97 Å². The maximum absolute atomic E-state index is 10.9. The van der Waals surface area contributed by atoms with Crippen LogP contribution in [-0.4, -0.2) is 17.6 Å². The first-order valence-electron chi connectivity index (χ1n) is 3.68. The zero-order valence-corrected chi connectivity index (χ0v) is 9.39. The second-order valence-electron chi connectivity index (χ2n) is 2.09. The summed E-state index contributed by atoms with van der Waals surface area (Å²) in [7, 11) is 0. The number of rotatable bonds is 3. The summed E-state index contributed by atoms with van der Waals surface area (Å²) in [4.78, 5) is 15.0. The van der Waals surface area contributed by atoms with Crippen molar-refractivity contribution in [3.8, 4) is 0 Å². The van der Waals surface area contributed by atoms with Crippen molar-refractivity contribution < 1.29 is 9.53 Å². The van der Waals surface area contributed by atoms with Gasteiger partial charge in [-0.2, -0.15) is 0 Å². The average Bonchev–Trinajstić information content (AvgIpc) is 2.49. The second-order valence-corrected chi connectivity index (χ2v) is 3.80. The van der Waals surface area contributed by atoms with Crippen LogP contribution >= 0.6 is 27.3 Å². The number of hydrogen-bond donors (Lipinski definition) is 0. The van der Waals surface area contributed by atoms with Crippen molar-refractivity contribution in [2.24, 2.45) is 0 Å². The number of nitrogens with zero attached hydrogens (tertiary/aromatic N) is 1. The van der Waals surface area contributed by atoms with Crippen molar-refractivity contribution >= 4 is 39.3 Å². The molecule has 0 atom stereocenters. The lowest BCUT2D eigenvalue weighted by Crippen LogP contribution is -1.98. The molecule has 0 aliphatic carbocycles. The van der Waals surface area contributed by atoms with Crippen molar-refractivity contribution in [2.45, 2.75) is 6.92 Å². The molecule has 5 heteroatoms. The normalized spacial score (nSPS) is 10.6. The van der Waals surface area contributed by atoms with E-state index < -0.39 is 0 Å². The molecule has 70 valence electrons. The first-order valence-corrected chi connectivity index (χ1v) is 5.35. The van der Waals surface area contributed by atoms with Crippen molar-refractivity contribution in [3.05, 3.63) is 21.1 Å². The van der Waals surface area contributed by atoms with Gasteiger partial charge in [-0.15, -0.1) is 11.3 Å². The molecule has 0 radical (unpaired) electrons. The fraction of sp³-hybridized carbons (Fsp3) is 0.250. The Kier molecular flexibility index (Phi) is 4.11. The SMILES string of the molecule is CCOC(=O)C=Cc1nc(Br)cs1. The summed E-state index contributed by atoms with van der Waals surface area (Å²) in [6.45, 7) is 2.16. The van der Waals surface area contributed by atoms with Crippen LogP contribution in [0, 0.1) is 0 Å². The standard InChI is InChI=1S/C8H8BrNO2S/c1-2-12-8(11)4-3-7-10-6(9)5-13-7/h3-5H,2H2,1H3. The molecule has 0 N–H and O–H groups in total. The average molecular weight is 262 g/mol. The minimum atomic E-state index is -0.339. The Bertz CT molecular complexity index is 322. The van der Waals surface area contributed by atoms with Gasteiger partial charge in [0.2, 0.25) is 0 Å². The van der Waals surface area contributed by atoms with Gasteiger partial charge in [0.05, 0.1) is 6.61 Å². The molecule has 0 aromatic carbocycles. The number of thiazole rings is 1. The van der Waals surface area contributed by atoms with Crippen LogP contribution in [0.2, 0.25) is 0 Å². The minimum Gasteiger partial charge on any atom is -0.463 e. The van der Waals surface area contributed by atoms with E-state index in [0.717, 1.165) is 9.61 Å². The number of esters is 1. The van der Waals surface area contributed by atoms with E-state index in [9.17, 15) is 4.79 Å². The molecule has 0 spiro atoms. The van der Waals surface area contributed by atoms with Crippen molar-refractivity contribution in [1.29, 1.82) is 0 Å². The van der Waals surface area contributed by atoms with Crippen LogP contribution in [0.25, 0.3) is 6.08 Å². The minimum absolute atomic E-state index is 0.339. The maximum atomic E-state index is 10.9. The zero-order chi connectivity index (χ0) is 9.68. The summed E-state index contributed by atoms with van der Waals surface area (Å²) in [5.41, 5.74) is 0. The molecule has 0 saturated heterocycles. The van der Waals surface area contributed by atoms with Crippen LogP contribution in [0.3, 0.4) is 0 Å². The Labute approximate surface area is 88.6 Å². The molecule has 1 heterocycles. The molecule has 0 bridgehead atoms. The van der Waals surface area contributed by atoms with Crippen molar-refractivity contribution in [2.75, 3.05) is 6.61 Å². The first-order chi connectivity index (χ1) is 6.22. The van der Waals surface area contributed by atoms with Crippen molar-refractivity contribution in [3.63, 3.8) is 0 Å². The van der Waals surface area contributed by atoms with Gasteiger partial charge in [0.15, 0.2) is 0 Å². The van der Waals surface area contributed by atoms with Gasteiger partial charge in [0.1, 0.15) is 9.61 Å². The van der Waals surface area contributed by atoms with E-state index in [2.05, 4.69) is 20.9 Å². The van der Waals surface area contributed by atoms with E-state index >= 15 is 0 Å². The van der Waals surface area contributed by atoms with E-state index in [1.807, 2.05) is 5.38 Å². The first kappa shape index (κ1) is 10.4. The molecule has 1 aromatic rings. The van der Waals surface area contributed by atoms with Gasteiger partial charge < -0.3 is 4.74 Å². The summed E-state index contributed by atoms with van der Waals surface area (Å²) in [5, 5.41) is 2.63. The van der Waals surface area contributed by atoms with Crippen LogP contribution in [0.5, 0.6) is 0 Å². The van der Waals surface area contributed by atoms with Gasteiger partial charge in [0.25, 0.3) is 0 Å². The smallest absolute Gasteiger partial charge is 0.330 e. The fourth-order valence-corrected chi connectivity index (χ4v) is 1.83. The fourth-order valence-electron chi connectivity index (χ4n) is 0.673. The van der Waals surface area contributed by atoms with Crippen LogP contribution < -0.4 is 0 Å². The number of carbonyl (C=O) groups is 1. The number of carbonyl (C=O) groups excluding carboxylic acids is 1. The lowest BCUT2D eigenvalue weighted by Gasteiger charge is -1.92. The Morgan fingerprint density at radius 3 is 3.15 bits per heavy atom. The Morgan fingerprint density at radius 1 is 1.85 bits per heavy atom. The third-order valence-corrected chi connectivity index (χ3v) is 2.66. The monoisotopic (exact) mass is 261 g/mol. The molecule has 0 aliphatic heterocycles. The number of ether oxygens (including phenoxy) is 1. The number of halogens is 1. The van der Waals surface area contributed by atoms with E-state index in [0.29, 0.717) is 6.61 Å². The van der Waals surface area contributed by atoms with Gasteiger partial charge in [0, 0.05) is 11.5 Å². The molecule has 0 amide bonds. The highest BCUT2D eigenvalue weighted by Gasteiger charge is 1.97. The van der Waals surface area contributed by atoms with Crippen LogP contribution in [-0.2, 0) is 9.53 Å². The second kappa shape index (κ2) is 5.14. The summed E-state index contributed by atoms with van der Waals surface area (Å²) < 4.78 is 5.49. The van der Waals surface area contributed by atoms with Gasteiger partial charge in [-0.05, 0) is 28.9 Å². The molecule has 0 unspecified atom stereocenters. The summed E-state index contributed by atoms with van der Waals surface area (Å²) in [6, 6.07) is 0. The van der Waals surface area contributed by atoms with Gasteiger partial charge >= 0.3 is 5.97 Å². The summed E-state index contributed by atoms with van der Waals surface area (Å²) in [5.74, 6) is -0.339. The molecular weight excluding hydrogens is 254 g/mol. The molecule has 1 rings (SSSR count). The molecule has 0 fully saturated rings. The van der Waals surface area contributed by atoms with Gasteiger partial charge in [-0.3, -0.25) is 0 Å². The van der Waals surface area contributed by atoms with E-state index in [1.165, 1.54) is 17.4 Å². The van der Waals surface area contributed by atoms with Gasteiger partial charge in [-0.1, -0.05) is 0 Å². The van der Waals surface area contributed by atoms with Crippen LogP contribution in [0.1, 0.15) is 11.9 Å². The molecular formula is C8H8BrNO2S. The molecule has 1 aromatic heterocycles. The topological polar surface area (TPSA) is 39.2 Å². The Balaban J connectivity index is 2.53. The molecule has 3 nitrogen and oxygen atoms in total. The van der Waals surface area contributed by atoms with Crippen LogP contribution in [0.4, 0.5) is 0 Å². The predicted molar refractivity (Wildman–Crippen MR) is 55.5 cm³/mol. The zero-order valence-electron chi connectivity index (χ0n) is 6.99. The molecule has 13 heavy (non-hydrogen) atoms. The van der Waals surface area contributed by atoms with Crippen LogP contribution in [0.15, 0.2) is 16.1 Å². The highest BCUT2D eigenvalue weighted by atomic mass is 79.9. The third kappa shape index (κ3) is 3.69. The highest BCUT2D eigenvalue weighted by molar-refractivity contribution is 9.10. The largest absolute Gasteiger partial charge is 0.463 e. The summed E-state index contributed by atoms with van der Waals surface area (Å²) in [6.07, 6.45) is 3.00. The predicted octanol–water partition coefficient (Wildman–Crippen LogP) is 2.48. The lowest BCUT2D eigenvalue weighted by molar-refractivity contribution is -0.137. The third-order valence-electron chi connectivity index (χ3n) is 1.14. The molecule has 0 saturated carbocycles. The summed E-state index contributed by atoms with van der Waals surface area (Å²) >= 11 is 4.68. The Hall–Kier alpha value is -0.680. The number of hydrogen-bond acceptors (Lipinski definition) is 4. The molecule has 0 aliphatic rings. The van der Waals surface area contributed by atoms with Gasteiger partial charge in [-0.25, -0.2) is 9.78 Å². The van der Waals surface area contributed by atoms with E-state index in [1.54, 1.807) is 13.0 Å². The Morgan fingerprint density at radius 2 is 2.62 bits per heavy atom.